The van der Waals surface area contributed by atoms with Crippen LogP contribution in [-0.4, -0.2) is 21.7 Å². The van der Waals surface area contributed by atoms with Gasteiger partial charge in [0.15, 0.2) is 0 Å². The number of nitrogens with two attached hydrogens (primary N) is 1. The lowest BCUT2D eigenvalue weighted by Gasteiger charge is -2.08. The molecule has 5 heteroatoms. The molecule has 2 rings (SSSR count). The third-order valence-corrected chi connectivity index (χ3v) is 2.13. The normalized spacial score (nSPS) is 12.2. The van der Waals surface area contributed by atoms with Crippen LogP contribution in [0.4, 0.5) is 5.69 Å². The van der Waals surface area contributed by atoms with Gasteiger partial charge in [-0.1, -0.05) is 0 Å². The lowest BCUT2D eigenvalue weighted by atomic mass is 10.1. The predicted octanol–water partition coefficient (Wildman–Crippen LogP) is 0.728. The van der Waals surface area contributed by atoms with Crippen molar-refractivity contribution in [3.63, 3.8) is 0 Å². The van der Waals surface area contributed by atoms with Crippen LogP contribution >= 0.6 is 0 Å². The van der Waals surface area contributed by atoms with Crippen LogP contribution in [0.1, 0.15) is 6.92 Å². The van der Waals surface area contributed by atoms with Crippen molar-refractivity contribution in [2.24, 2.45) is 4.99 Å². The molecule has 78 valence electrons. The summed E-state index contributed by atoms with van der Waals surface area (Å²) in [5.74, 6) is 0. The minimum absolute atomic E-state index is 0.613. The van der Waals surface area contributed by atoms with Crippen LogP contribution in [0.3, 0.4) is 0 Å². The predicted molar refractivity (Wildman–Crippen MR) is 56.5 cm³/mol. The molecule has 0 aromatic carbocycles. The standard InChI is InChI=1S/C10H12N4O/c1-2-12-9-4-3-8(11)7-5-6-14(15)13-10(7)9/h3-6,15H,2,11H2,1H3. The first-order valence-corrected chi connectivity index (χ1v) is 4.70. The fraction of sp³-hybridized carbons (Fsp3) is 0.200. The van der Waals surface area contributed by atoms with Gasteiger partial charge >= 0.3 is 0 Å². The van der Waals surface area contributed by atoms with E-state index in [2.05, 4.69) is 10.1 Å². The number of rotatable bonds is 1. The van der Waals surface area contributed by atoms with Crippen LogP contribution in [0.2, 0.25) is 0 Å². The summed E-state index contributed by atoms with van der Waals surface area (Å²) >= 11 is 0. The minimum Gasteiger partial charge on any atom is -0.412 e. The van der Waals surface area contributed by atoms with Crippen LogP contribution < -0.4 is 11.1 Å². The van der Waals surface area contributed by atoms with Crippen molar-refractivity contribution in [3.8, 4) is 11.3 Å². The van der Waals surface area contributed by atoms with Gasteiger partial charge in [-0.25, -0.2) is 0 Å². The van der Waals surface area contributed by atoms with Gasteiger partial charge in [-0.05, 0) is 25.1 Å². The zero-order valence-corrected chi connectivity index (χ0v) is 8.38. The van der Waals surface area contributed by atoms with Crippen molar-refractivity contribution in [2.75, 3.05) is 12.3 Å². The molecule has 1 aliphatic carbocycles. The fourth-order valence-electron chi connectivity index (χ4n) is 1.47. The Morgan fingerprint density at radius 3 is 3.00 bits per heavy atom. The van der Waals surface area contributed by atoms with E-state index in [-0.39, 0.29) is 0 Å². The molecule has 5 nitrogen and oxygen atoms in total. The molecule has 0 aromatic heterocycles. The third-order valence-electron chi connectivity index (χ3n) is 2.13. The number of aromatic nitrogens is 2. The van der Waals surface area contributed by atoms with Crippen molar-refractivity contribution in [1.82, 2.24) is 9.94 Å². The molecule has 0 saturated heterocycles. The molecule has 0 amide bonds. The number of nitrogens with zero attached hydrogens (tertiary/aromatic N) is 3. The summed E-state index contributed by atoms with van der Waals surface area (Å²) in [6, 6.07) is 5.31. The smallest absolute Gasteiger partial charge is 0.121 e. The second kappa shape index (κ2) is 3.61. The quantitative estimate of drug-likeness (QED) is 0.531. The SMILES string of the molecule is CCN=c1ccc(N)c2ccn(O)nc1-2. The highest BCUT2D eigenvalue weighted by atomic mass is 16.5. The lowest BCUT2D eigenvalue weighted by Crippen LogP contribution is -2.14. The molecule has 0 bridgehead atoms. The van der Waals surface area contributed by atoms with Crippen molar-refractivity contribution in [3.05, 3.63) is 29.8 Å². The third kappa shape index (κ3) is 1.63. The Bertz CT molecular complexity index is 518. The van der Waals surface area contributed by atoms with Crippen LogP contribution in [0, 0.1) is 0 Å². The van der Waals surface area contributed by atoms with Crippen molar-refractivity contribution in [2.45, 2.75) is 6.92 Å². The first-order valence-electron chi connectivity index (χ1n) is 4.70. The number of nitrogen functional groups attached to an aromatic ring is 1. The zero-order chi connectivity index (χ0) is 10.8. The first kappa shape index (κ1) is 9.51. The largest absolute Gasteiger partial charge is 0.412 e. The summed E-state index contributed by atoms with van der Waals surface area (Å²) in [5.41, 5.74) is 7.85. The van der Waals surface area contributed by atoms with Gasteiger partial charge < -0.3 is 10.9 Å². The van der Waals surface area contributed by atoms with Gasteiger partial charge in [0.05, 0.1) is 11.6 Å². The number of fused-ring (bicyclic) bond motifs is 1. The molecule has 1 heterocycles. The summed E-state index contributed by atoms with van der Waals surface area (Å²) in [6.07, 6.45) is 1.44. The van der Waals surface area contributed by atoms with E-state index < -0.39 is 0 Å². The second-order valence-electron chi connectivity index (χ2n) is 3.15. The van der Waals surface area contributed by atoms with Crippen molar-refractivity contribution < 1.29 is 5.21 Å². The van der Waals surface area contributed by atoms with Gasteiger partial charge in [0.25, 0.3) is 0 Å². The highest BCUT2D eigenvalue weighted by Crippen LogP contribution is 2.20. The van der Waals surface area contributed by atoms with E-state index in [4.69, 9.17) is 5.73 Å². The molecular weight excluding hydrogens is 192 g/mol. The van der Waals surface area contributed by atoms with Gasteiger partial charge in [0.1, 0.15) is 5.69 Å². The molecule has 2 aliphatic rings. The summed E-state index contributed by atoms with van der Waals surface area (Å²) in [6.45, 7) is 2.61. The molecule has 0 atom stereocenters. The van der Waals surface area contributed by atoms with E-state index in [1.165, 1.54) is 6.20 Å². The van der Waals surface area contributed by atoms with E-state index in [1.807, 2.05) is 6.92 Å². The molecule has 3 N–H and O–H groups in total. The average molecular weight is 204 g/mol. The Kier molecular flexibility index (Phi) is 2.29. The minimum atomic E-state index is 0.613. The van der Waals surface area contributed by atoms with E-state index >= 15 is 0 Å². The molecule has 0 radical (unpaired) electrons. The molecule has 1 aliphatic heterocycles. The fourth-order valence-corrected chi connectivity index (χ4v) is 1.47. The Morgan fingerprint density at radius 2 is 2.27 bits per heavy atom. The van der Waals surface area contributed by atoms with E-state index in [0.717, 1.165) is 15.8 Å². The molecule has 0 fully saturated rings. The first-order chi connectivity index (χ1) is 7.22. The Balaban J connectivity index is 2.82. The average Bonchev–Trinajstić information content (AvgIpc) is 2.22. The Morgan fingerprint density at radius 1 is 1.47 bits per heavy atom. The van der Waals surface area contributed by atoms with Gasteiger partial charge in [0.2, 0.25) is 0 Å². The highest BCUT2D eigenvalue weighted by Gasteiger charge is 2.09. The lowest BCUT2D eigenvalue weighted by molar-refractivity contribution is 0.144. The second-order valence-corrected chi connectivity index (χ2v) is 3.15. The van der Waals surface area contributed by atoms with E-state index in [1.54, 1.807) is 18.2 Å². The Hall–Kier alpha value is -2.04. The molecule has 0 unspecified atom stereocenters. The van der Waals surface area contributed by atoms with Crippen LogP contribution in [0.25, 0.3) is 11.3 Å². The molecule has 0 aromatic rings. The van der Waals surface area contributed by atoms with Gasteiger partial charge in [-0.15, -0.1) is 9.94 Å². The number of benzene rings is 1. The van der Waals surface area contributed by atoms with E-state index in [0.29, 0.717) is 17.9 Å². The van der Waals surface area contributed by atoms with Gasteiger partial charge in [-0.2, -0.15) is 0 Å². The summed E-state index contributed by atoms with van der Waals surface area (Å²) in [7, 11) is 0. The van der Waals surface area contributed by atoms with Crippen LogP contribution in [0.5, 0.6) is 0 Å². The van der Waals surface area contributed by atoms with Crippen LogP contribution in [0.15, 0.2) is 29.4 Å². The maximum Gasteiger partial charge on any atom is 0.121 e. The van der Waals surface area contributed by atoms with E-state index in [9.17, 15) is 5.21 Å². The molecule has 0 spiro atoms. The number of anilines is 1. The monoisotopic (exact) mass is 204 g/mol. The number of hydrogen-bond donors (Lipinski definition) is 2. The summed E-state index contributed by atoms with van der Waals surface area (Å²) in [5, 5.41) is 13.9. The zero-order valence-electron chi connectivity index (χ0n) is 8.38. The van der Waals surface area contributed by atoms with Gasteiger partial charge in [-0.3, -0.25) is 4.99 Å². The highest BCUT2D eigenvalue weighted by molar-refractivity contribution is 5.73. The molecular formula is C10H12N4O. The van der Waals surface area contributed by atoms with Crippen LogP contribution in [-0.2, 0) is 0 Å². The van der Waals surface area contributed by atoms with Gasteiger partial charge in [0, 0.05) is 17.8 Å². The maximum absolute atomic E-state index is 9.24. The van der Waals surface area contributed by atoms with Crippen molar-refractivity contribution in [1.29, 1.82) is 0 Å². The molecule has 15 heavy (non-hydrogen) atoms. The molecule has 0 saturated carbocycles. The van der Waals surface area contributed by atoms with Crippen molar-refractivity contribution >= 4 is 5.69 Å². The number of hydrogen-bond acceptors (Lipinski definition) is 4. The summed E-state index contributed by atoms with van der Waals surface area (Å²) in [4.78, 5) is 5.03. The summed E-state index contributed by atoms with van der Waals surface area (Å²) < 4.78 is 0. The Labute approximate surface area is 86.8 Å². The topological polar surface area (TPSA) is 76.4 Å². The maximum atomic E-state index is 9.24.